The van der Waals surface area contributed by atoms with Crippen molar-refractivity contribution in [2.75, 3.05) is 26.8 Å². The van der Waals surface area contributed by atoms with Gasteiger partial charge in [0.15, 0.2) is 0 Å². The van der Waals surface area contributed by atoms with Crippen LogP contribution in [0.5, 0.6) is 0 Å². The van der Waals surface area contributed by atoms with Crippen LogP contribution in [0.25, 0.3) is 0 Å². The first kappa shape index (κ1) is 14.7. The largest absolute Gasteiger partial charge is 0.383 e. The second-order valence-corrected chi connectivity index (χ2v) is 4.70. The molecule has 0 radical (unpaired) electrons. The van der Waals surface area contributed by atoms with Gasteiger partial charge >= 0.3 is 0 Å². The number of rotatable bonds is 6. The molecule has 1 N–H and O–H groups in total. The van der Waals surface area contributed by atoms with Crippen LogP contribution in [0, 0.1) is 5.82 Å². The number of benzene rings is 1. The summed E-state index contributed by atoms with van der Waals surface area (Å²) in [7, 11) is 1.65. The maximum absolute atomic E-state index is 13.3. The lowest BCUT2D eigenvalue weighted by molar-refractivity contribution is 0.199. The van der Waals surface area contributed by atoms with Crippen LogP contribution < -0.4 is 5.32 Å². The summed E-state index contributed by atoms with van der Waals surface area (Å²) in [6.45, 7) is 4.10. The van der Waals surface area contributed by atoms with E-state index in [2.05, 4.69) is 5.32 Å². The Kier molecular flexibility index (Phi) is 6.20. The highest BCUT2D eigenvalue weighted by Crippen LogP contribution is 2.29. The van der Waals surface area contributed by atoms with Gasteiger partial charge in [-0.15, -0.1) is 0 Å². The van der Waals surface area contributed by atoms with Gasteiger partial charge in [0.05, 0.1) is 11.6 Å². The topological polar surface area (TPSA) is 21.3 Å². The van der Waals surface area contributed by atoms with E-state index in [1.807, 2.05) is 6.92 Å². The third kappa shape index (κ3) is 4.43. The highest BCUT2D eigenvalue weighted by molar-refractivity contribution is 6.35. The van der Waals surface area contributed by atoms with E-state index in [1.54, 1.807) is 7.11 Å². The minimum atomic E-state index is -0.435. The maximum atomic E-state index is 13.3. The van der Waals surface area contributed by atoms with E-state index >= 15 is 0 Å². The molecule has 17 heavy (non-hydrogen) atoms. The summed E-state index contributed by atoms with van der Waals surface area (Å²) in [5.74, 6) is -0.319. The minimum absolute atomic E-state index is 0.0540. The molecule has 96 valence electrons. The van der Waals surface area contributed by atoms with Crippen molar-refractivity contribution in [1.29, 1.82) is 0 Å². The van der Waals surface area contributed by atoms with E-state index in [0.29, 0.717) is 18.2 Å². The molecule has 0 saturated heterocycles. The van der Waals surface area contributed by atoms with Crippen LogP contribution in [0.1, 0.15) is 18.4 Å². The molecule has 0 heterocycles. The van der Waals surface area contributed by atoms with E-state index in [9.17, 15) is 4.39 Å². The van der Waals surface area contributed by atoms with Crippen LogP contribution in [-0.2, 0) is 4.74 Å². The second kappa shape index (κ2) is 7.17. The van der Waals surface area contributed by atoms with Crippen molar-refractivity contribution in [1.82, 2.24) is 5.32 Å². The van der Waals surface area contributed by atoms with Crippen LogP contribution in [0.4, 0.5) is 4.39 Å². The van der Waals surface area contributed by atoms with E-state index in [4.69, 9.17) is 27.9 Å². The average Bonchev–Trinajstić information content (AvgIpc) is 2.29. The summed E-state index contributed by atoms with van der Waals surface area (Å²) in [6, 6.07) is 2.84. The Morgan fingerprint density at radius 1 is 1.35 bits per heavy atom. The fourth-order valence-electron chi connectivity index (χ4n) is 1.52. The third-order valence-corrected chi connectivity index (χ3v) is 3.12. The van der Waals surface area contributed by atoms with Gasteiger partial charge in [-0.1, -0.05) is 30.1 Å². The van der Waals surface area contributed by atoms with Crippen molar-refractivity contribution in [2.45, 2.75) is 12.8 Å². The molecular formula is C12H16Cl2FNO. The molecule has 0 bridgehead atoms. The molecule has 2 nitrogen and oxygen atoms in total. The van der Waals surface area contributed by atoms with Crippen LogP contribution in [0.3, 0.4) is 0 Å². The lowest BCUT2D eigenvalue weighted by Crippen LogP contribution is -2.24. The van der Waals surface area contributed by atoms with E-state index in [0.717, 1.165) is 12.1 Å². The smallest absolute Gasteiger partial charge is 0.142 e. The molecule has 0 spiro atoms. The Bertz CT molecular complexity index is 374. The van der Waals surface area contributed by atoms with Gasteiger partial charge in [0, 0.05) is 25.2 Å². The quantitative estimate of drug-likeness (QED) is 0.636. The highest BCUT2D eigenvalue weighted by Gasteiger charge is 2.13. The standard InChI is InChI=1S/C12H16Cl2FNO/c1-8(7-16-3-4-17-2)9-5-12(15)11(14)6-10(9)13/h5-6,8,16H,3-4,7H2,1-2H3. The zero-order valence-electron chi connectivity index (χ0n) is 9.90. The first-order valence-electron chi connectivity index (χ1n) is 5.40. The fourth-order valence-corrected chi connectivity index (χ4v) is 2.09. The van der Waals surface area contributed by atoms with Crippen molar-refractivity contribution < 1.29 is 9.13 Å². The van der Waals surface area contributed by atoms with Crippen LogP contribution in [0.15, 0.2) is 12.1 Å². The molecule has 1 aromatic carbocycles. The summed E-state index contributed by atoms with van der Waals surface area (Å²) < 4.78 is 18.3. The lowest BCUT2D eigenvalue weighted by Gasteiger charge is -2.15. The zero-order chi connectivity index (χ0) is 12.8. The summed E-state index contributed by atoms with van der Waals surface area (Å²) in [5, 5.41) is 3.76. The van der Waals surface area contributed by atoms with E-state index < -0.39 is 5.82 Å². The van der Waals surface area contributed by atoms with Gasteiger partial charge < -0.3 is 10.1 Å². The monoisotopic (exact) mass is 279 g/mol. The van der Waals surface area contributed by atoms with Gasteiger partial charge in [0.2, 0.25) is 0 Å². The lowest BCUT2D eigenvalue weighted by atomic mass is 10.0. The summed E-state index contributed by atoms with van der Waals surface area (Å²) in [4.78, 5) is 0. The molecule has 1 aromatic rings. The molecule has 0 saturated carbocycles. The van der Waals surface area contributed by atoms with Gasteiger partial charge in [-0.25, -0.2) is 4.39 Å². The Hall–Kier alpha value is -0.350. The predicted molar refractivity (Wildman–Crippen MR) is 69.6 cm³/mol. The van der Waals surface area contributed by atoms with Crippen molar-refractivity contribution in [3.05, 3.63) is 33.6 Å². The summed E-state index contributed by atoms with van der Waals surface area (Å²) in [6.07, 6.45) is 0. The summed E-state index contributed by atoms with van der Waals surface area (Å²) in [5.41, 5.74) is 0.762. The number of hydrogen-bond donors (Lipinski definition) is 1. The van der Waals surface area contributed by atoms with E-state index in [-0.39, 0.29) is 10.9 Å². The maximum Gasteiger partial charge on any atom is 0.142 e. The average molecular weight is 280 g/mol. The molecule has 1 rings (SSSR count). The Morgan fingerprint density at radius 2 is 2.06 bits per heavy atom. The first-order chi connectivity index (χ1) is 8.06. The normalized spacial score (nSPS) is 12.8. The molecular weight excluding hydrogens is 264 g/mol. The number of nitrogens with one attached hydrogen (secondary N) is 1. The molecule has 0 fully saturated rings. The van der Waals surface area contributed by atoms with Crippen molar-refractivity contribution in [3.63, 3.8) is 0 Å². The molecule has 0 aliphatic rings. The van der Waals surface area contributed by atoms with Gasteiger partial charge in [-0.05, 0) is 23.6 Å². The molecule has 1 atom stereocenters. The fraction of sp³-hybridized carbons (Fsp3) is 0.500. The van der Waals surface area contributed by atoms with Gasteiger partial charge in [-0.2, -0.15) is 0 Å². The highest BCUT2D eigenvalue weighted by atomic mass is 35.5. The number of ether oxygens (including phenoxy) is 1. The van der Waals surface area contributed by atoms with Crippen molar-refractivity contribution in [2.24, 2.45) is 0 Å². The van der Waals surface area contributed by atoms with Crippen LogP contribution in [-0.4, -0.2) is 26.8 Å². The molecule has 5 heteroatoms. The van der Waals surface area contributed by atoms with Gasteiger partial charge in [0.1, 0.15) is 5.82 Å². The van der Waals surface area contributed by atoms with Crippen LogP contribution in [0.2, 0.25) is 10.0 Å². The second-order valence-electron chi connectivity index (χ2n) is 3.89. The zero-order valence-corrected chi connectivity index (χ0v) is 11.4. The predicted octanol–water partition coefficient (Wildman–Crippen LogP) is 3.47. The van der Waals surface area contributed by atoms with Crippen LogP contribution >= 0.6 is 23.2 Å². The van der Waals surface area contributed by atoms with E-state index in [1.165, 1.54) is 12.1 Å². The van der Waals surface area contributed by atoms with Gasteiger partial charge in [-0.3, -0.25) is 0 Å². The number of methoxy groups -OCH3 is 1. The SMILES string of the molecule is COCCNCC(C)c1cc(F)c(Cl)cc1Cl. The first-order valence-corrected chi connectivity index (χ1v) is 6.16. The number of hydrogen-bond acceptors (Lipinski definition) is 2. The molecule has 0 aromatic heterocycles. The number of halogens is 3. The Balaban J connectivity index is 2.62. The molecule has 1 unspecified atom stereocenters. The molecule has 0 amide bonds. The minimum Gasteiger partial charge on any atom is -0.383 e. The van der Waals surface area contributed by atoms with Crippen molar-refractivity contribution in [3.8, 4) is 0 Å². The Morgan fingerprint density at radius 3 is 2.71 bits per heavy atom. The van der Waals surface area contributed by atoms with Crippen molar-refractivity contribution >= 4 is 23.2 Å². The van der Waals surface area contributed by atoms with Gasteiger partial charge in [0.25, 0.3) is 0 Å². The molecule has 0 aliphatic heterocycles. The molecule has 0 aliphatic carbocycles. The third-order valence-electron chi connectivity index (χ3n) is 2.50. The summed E-state index contributed by atoms with van der Waals surface area (Å²) >= 11 is 11.7. The Labute approximate surface area is 111 Å².